The molecular formula is C30H23N5O4. The van der Waals surface area contributed by atoms with Gasteiger partial charge in [0, 0.05) is 11.6 Å². The highest BCUT2D eigenvalue weighted by Crippen LogP contribution is 2.28. The molecule has 6 aromatic rings. The van der Waals surface area contributed by atoms with E-state index in [0.29, 0.717) is 34.4 Å². The number of carboxylic acids is 1. The second kappa shape index (κ2) is 9.86. The molecule has 0 saturated heterocycles. The van der Waals surface area contributed by atoms with Crippen LogP contribution in [0.3, 0.4) is 0 Å². The zero-order valence-electron chi connectivity index (χ0n) is 20.9. The number of aromatic carboxylic acids is 1. The molecule has 9 nitrogen and oxygen atoms in total. The fourth-order valence-electron chi connectivity index (χ4n) is 4.69. The molecule has 4 aromatic carbocycles. The summed E-state index contributed by atoms with van der Waals surface area (Å²) in [7, 11) is 0. The van der Waals surface area contributed by atoms with Gasteiger partial charge in [-0.3, -0.25) is 4.79 Å². The van der Waals surface area contributed by atoms with E-state index in [9.17, 15) is 14.7 Å². The van der Waals surface area contributed by atoms with Crippen LogP contribution in [-0.4, -0.2) is 37.1 Å². The number of benzene rings is 4. The highest BCUT2D eigenvalue weighted by atomic mass is 16.5. The first-order valence-corrected chi connectivity index (χ1v) is 12.4. The Labute approximate surface area is 222 Å². The molecule has 1 amide bonds. The van der Waals surface area contributed by atoms with Crippen molar-refractivity contribution in [1.82, 2.24) is 25.5 Å². The minimum absolute atomic E-state index is 0.183. The van der Waals surface area contributed by atoms with E-state index in [1.54, 1.807) is 28.9 Å². The number of nitrogens with one attached hydrogen (secondary N) is 1. The number of rotatable bonds is 7. The van der Waals surface area contributed by atoms with Crippen molar-refractivity contribution >= 4 is 33.7 Å². The van der Waals surface area contributed by atoms with Crippen LogP contribution in [0.25, 0.3) is 33.1 Å². The maximum Gasteiger partial charge on any atom is 0.335 e. The summed E-state index contributed by atoms with van der Waals surface area (Å²) in [6.45, 7) is 2.27. The van der Waals surface area contributed by atoms with Gasteiger partial charge in [-0.2, -0.15) is 0 Å². The van der Waals surface area contributed by atoms with Gasteiger partial charge >= 0.3 is 5.97 Å². The molecule has 9 heteroatoms. The van der Waals surface area contributed by atoms with Crippen molar-refractivity contribution < 1.29 is 19.2 Å². The third-order valence-electron chi connectivity index (χ3n) is 6.74. The van der Waals surface area contributed by atoms with Crippen LogP contribution in [-0.2, 0) is 6.54 Å². The van der Waals surface area contributed by atoms with Gasteiger partial charge in [-0.1, -0.05) is 58.9 Å². The van der Waals surface area contributed by atoms with Gasteiger partial charge in [0.2, 0.25) is 0 Å². The molecule has 2 aromatic heterocycles. The molecule has 1 atom stereocenters. The third kappa shape index (κ3) is 4.73. The predicted molar refractivity (Wildman–Crippen MR) is 145 cm³/mol. The molecular weight excluding hydrogens is 494 g/mol. The fourth-order valence-corrected chi connectivity index (χ4v) is 4.69. The maximum absolute atomic E-state index is 13.7. The fraction of sp³-hybridized carbons (Fsp3) is 0.100. The van der Waals surface area contributed by atoms with Crippen LogP contribution in [0.1, 0.15) is 44.8 Å². The Morgan fingerprint density at radius 1 is 0.974 bits per heavy atom. The topological polar surface area (TPSA) is 123 Å². The number of aromatic nitrogens is 4. The van der Waals surface area contributed by atoms with Crippen molar-refractivity contribution in [2.75, 3.05) is 0 Å². The maximum atomic E-state index is 13.7. The van der Waals surface area contributed by atoms with Gasteiger partial charge in [-0.15, -0.1) is 5.10 Å². The molecule has 0 spiro atoms. The van der Waals surface area contributed by atoms with Gasteiger partial charge in [0.05, 0.1) is 23.7 Å². The molecule has 0 radical (unpaired) electrons. The van der Waals surface area contributed by atoms with Crippen molar-refractivity contribution in [1.29, 1.82) is 0 Å². The predicted octanol–water partition coefficient (Wildman–Crippen LogP) is 5.48. The Morgan fingerprint density at radius 3 is 2.51 bits per heavy atom. The second-order valence-corrected chi connectivity index (χ2v) is 9.33. The number of carbonyl (C=O) groups is 2. The quantitative estimate of drug-likeness (QED) is 0.288. The number of hydrogen-bond donors (Lipinski definition) is 2. The number of carbonyl (C=O) groups excluding carboxylic acids is 1. The highest BCUT2D eigenvalue weighted by molar-refractivity contribution is 6.06. The first kappa shape index (κ1) is 24.1. The minimum Gasteiger partial charge on any atom is -0.478 e. The summed E-state index contributed by atoms with van der Waals surface area (Å²) >= 11 is 0. The van der Waals surface area contributed by atoms with E-state index in [-0.39, 0.29) is 17.5 Å². The van der Waals surface area contributed by atoms with E-state index in [0.717, 1.165) is 21.9 Å². The van der Waals surface area contributed by atoms with Crippen LogP contribution < -0.4 is 5.32 Å². The summed E-state index contributed by atoms with van der Waals surface area (Å²) in [5, 5.41) is 27.3. The molecule has 0 aliphatic carbocycles. The first-order valence-electron chi connectivity index (χ1n) is 12.4. The highest BCUT2D eigenvalue weighted by Gasteiger charge is 2.21. The molecule has 6 rings (SSSR count). The van der Waals surface area contributed by atoms with Crippen LogP contribution in [0.2, 0.25) is 0 Å². The molecule has 0 unspecified atom stereocenters. The Kier molecular flexibility index (Phi) is 6.08. The monoisotopic (exact) mass is 517 g/mol. The minimum atomic E-state index is -1.00. The van der Waals surface area contributed by atoms with E-state index in [1.165, 1.54) is 18.4 Å². The van der Waals surface area contributed by atoms with Crippen LogP contribution in [0.15, 0.2) is 95.7 Å². The summed E-state index contributed by atoms with van der Waals surface area (Å²) in [4.78, 5) is 24.9. The average molecular weight is 518 g/mol. The van der Waals surface area contributed by atoms with E-state index in [4.69, 9.17) is 4.52 Å². The van der Waals surface area contributed by atoms with E-state index < -0.39 is 5.97 Å². The lowest BCUT2D eigenvalue weighted by molar-refractivity contribution is 0.0696. The molecule has 2 heterocycles. The van der Waals surface area contributed by atoms with Gasteiger partial charge in [0.25, 0.3) is 5.91 Å². The Balaban J connectivity index is 1.38. The SMILES string of the molecule is C[C@H](NC(=O)c1cc(-c2ccon2)cc2nnn(Cc3ccc4ccccc4c3)c12)c1ccc(C(=O)O)cc1. The largest absolute Gasteiger partial charge is 0.478 e. The van der Waals surface area contributed by atoms with Crippen molar-refractivity contribution in [3.63, 3.8) is 0 Å². The lowest BCUT2D eigenvalue weighted by Gasteiger charge is -2.16. The zero-order chi connectivity index (χ0) is 26.9. The van der Waals surface area contributed by atoms with Gasteiger partial charge in [0.15, 0.2) is 0 Å². The molecule has 2 N–H and O–H groups in total. The number of nitrogens with zero attached hydrogens (tertiary/aromatic N) is 4. The van der Waals surface area contributed by atoms with Gasteiger partial charge < -0.3 is 14.9 Å². The van der Waals surface area contributed by atoms with E-state index in [1.807, 2.05) is 31.2 Å². The van der Waals surface area contributed by atoms with E-state index in [2.05, 4.69) is 45.1 Å². The van der Waals surface area contributed by atoms with Crippen molar-refractivity contribution in [2.45, 2.75) is 19.5 Å². The van der Waals surface area contributed by atoms with Crippen molar-refractivity contribution in [3.05, 3.63) is 113 Å². The lowest BCUT2D eigenvalue weighted by atomic mass is 10.0. The lowest BCUT2D eigenvalue weighted by Crippen LogP contribution is -2.27. The molecule has 192 valence electrons. The first-order chi connectivity index (χ1) is 19.0. The summed E-state index contributed by atoms with van der Waals surface area (Å²) in [5.41, 5.74) is 4.79. The number of hydrogen-bond acceptors (Lipinski definition) is 6. The van der Waals surface area contributed by atoms with Crippen LogP contribution in [0.4, 0.5) is 0 Å². The third-order valence-corrected chi connectivity index (χ3v) is 6.74. The summed E-state index contributed by atoms with van der Waals surface area (Å²) in [6, 6.07) is 25.7. The smallest absolute Gasteiger partial charge is 0.335 e. The van der Waals surface area contributed by atoms with Crippen LogP contribution in [0.5, 0.6) is 0 Å². The summed E-state index contributed by atoms with van der Waals surface area (Å²) < 4.78 is 6.75. The molecule has 0 bridgehead atoms. The zero-order valence-corrected chi connectivity index (χ0v) is 20.9. The van der Waals surface area contributed by atoms with Crippen LogP contribution >= 0.6 is 0 Å². The van der Waals surface area contributed by atoms with Gasteiger partial charge in [0.1, 0.15) is 23.0 Å². The number of amides is 1. The van der Waals surface area contributed by atoms with Crippen molar-refractivity contribution in [2.24, 2.45) is 0 Å². The molecule has 0 saturated carbocycles. The molecule has 39 heavy (non-hydrogen) atoms. The van der Waals surface area contributed by atoms with Crippen molar-refractivity contribution in [3.8, 4) is 11.3 Å². The van der Waals surface area contributed by atoms with Gasteiger partial charge in [-0.05, 0) is 59.2 Å². The van der Waals surface area contributed by atoms with E-state index >= 15 is 0 Å². The standard InChI is InChI=1S/C30H23N5O4/c1-18(20-8-10-22(11-9-20)30(37)38)31-29(36)25-15-24(26-12-13-39-33-26)16-27-28(25)35(34-32-27)17-19-6-7-21-4-2-3-5-23(21)14-19/h2-16,18H,17H2,1H3,(H,31,36)(H,37,38)/t18-/m0/s1. The Bertz CT molecular complexity index is 1820. The molecule has 0 fully saturated rings. The Morgan fingerprint density at radius 2 is 1.77 bits per heavy atom. The number of carboxylic acid groups (broad SMARTS) is 1. The molecule has 0 aliphatic heterocycles. The average Bonchev–Trinajstić information content (AvgIpc) is 3.63. The number of fused-ring (bicyclic) bond motifs is 2. The summed E-state index contributed by atoms with van der Waals surface area (Å²) in [6.07, 6.45) is 1.47. The Hall–Kier alpha value is -5.31. The van der Waals surface area contributed by atoms with Crippen LogP contribution in [0, 0.1) is 0 Å². The van der Waals surface area contributed by atoms with Gasteiger partial charge in [-0.25, -0.2) is 9.48 Å². The molecule has 0 aliphatic rings. The summed E-state index contributed by atoms with van der Waals surface area (Å²) in [5.74, 6) is -1.32. The normalized spacial score (nSPS) is 12.0. The second-order valence-electron chi connectivity index (χ2n) is 9.33.